The first kappa shape index (κ1) is 11.4. The van der Waals surface area contributed by atoms with Gasteiger partial charge in [0.1, 0.15) is 0 Å². The number of hydrogen-bond donors (Lipinski definition) is 2. The maximum atomic E-state index is 10.4. The predicted molar refractivity (Wildman–Crippen MR) is 36.0 cm³/mol. The number of aliphatic hydroxyl groups is 1. The molecule has 0 aliphatic carbocycles. The van der Waals surface area contributed by atoms with E-state index in [0.717, 1.165) is 0 Å². The van der Waals surface area contributed by atoms with Gasteiger partial charge < -0.3 is 25.2 Å². The minimum atomic E-state index is -1.69. The summed E-state index contributed by atoms with van der Waals surface area (Å²) in [5.41, 5.74) is 0. The average molecular weight is 188 g/mol. The van der Waals surface area contributed by atoms with Crippen molar-refractivity contribution in [1.82, 2.24) is 0 Å². The van der Waals surface area contributed by atoms with Crippen molar-refractivity contribution < 1.29 is 30.0 Å². The highest BCUT2D eigenvalue weighted by atomic mass is 16.4. The van der Waals surface area contributed by atoms with Gasteiger partial charge in [-0.3, -0.25) is 0 Å². The van der Waals surface area contributed by atoms with Crippen LogP contribution in [0.2, 0.25) is 0 Å². The van der Waals surface area contributed by atoms with Crippen molar-refractivity contribution in [2.75, 3.05) is 0 Å². The van der Waals surface area contributed by atoms with Crippen molar-refractivity contribution in [3.05, 3.63) is 11.8 Å². The number of carboxylic acids is 2. The van der Waals surface area contributed by atoms with Crippen molar-refractivity contribution in [2.45, 2.75) is 18.9 Å². The number of hydrogen-bond acceptors (Lipinski definition) is 5. The molecule has 0 aromatic rings. The van der Waals surface area contributed by atoms with Gasteiger partial charge in [-0.05, 0) is 18.6 Å². The Bertz CT molecular complexity index is 231. The summed E-state index contributed by atoms with van der Waals surface area (Å²) in [7, 11) is 0. The van der Waals surface area contributed by atoms with Crippen molar-refractivity contribution in [2.24, 2.45) is 0 Å². The van der Waals surface area contributed by atoms with Crippen LogP contribution in [0.25, 0.3) is 0 Å². The predicted octanol–water partition coefficient (Wildman–Crippen LogP) is -2.79. The summed E-state index contributed by atoms with van der Waals surface area (Å²) in [6, 6.07) is 0. The molecule has 6 heteroatoms. The van der Waals surface area contributed by atoms with Gasteiger partial charge in [-0.1, -0.05) is 6.08 Å². The Morgan fingerprint density at radius 1 is 1.38 bits per heavy atom. The van der Waals surface area contributed by atoms with Crippen LogP contribution in [-0.4, -0.2) is 28.3 Å². The topological polar surface area (TPSA) is 121 Å². The van der Waals surface area contributed by atoms with Crippen molar-refractivity contribution in [3.63, 3.8) is 0 Å². The Kier molecular flexibility index (Phi) is 4.53. The van der Waals surface area contributed by atoms with Gasteiger partial charge >= 0.3 is 5.97 Å². The molecule has 74 valence electrons. The standard InChI is InChI=1S/C7H10O6/c8-4(1-2-6(10)11)3-5(9)7(12)13/h3-4,8-9H,1-2H2,(H,10,11)(H,12,13)/p-2/b5-3+. The summed E-state index contributed by atoms with van der Waals surface area (Å²) in [4.78, 5) is 19.8. The molecule has 0 saturated heterocycles. The molecule has 0 aliphatic heterocycles. The van der Waals surface area contributed by atoms with E-state index in [0.29, 0.717) is 6.08 Å². The normalized spacial score (nSPS) is 13.8. The second-order valence-electron chi connectivity index (χ2n) is 2.31. The molecule has 0 aromatic heterocycles. The molecule has 0 rings (SSSR count). The minimum absolute atomic E-state index is 0.235. The molecule has 6 nitrogen and oxygen atoms in total. The van der Waals surface area contributed by atoms with Crippen LogP contribution >= 0.6 is 0 Å². The van der Waals surface area contributed by atoms with Crippen LogP contribution in [0.1, 0.15) is 12.8 Å². The maximum Gasteiger partial charge on any atom is 0.320 e. The van der Waals surface area contributed by atoms with Gasteiger partial charge in [0.05, 0.1) is 6.10 Å². The average Bonchev–Trinajstić information content (AvgIpc) is 2.00. The highest BCUT2D eigenvalue weighted by Crippen LogP contribution is 1.99. The van der Waals surface area contributed by atoms with Crippen molar-refractivity contribution in [1.29, 1.82) is 0 Å². The first-order valence-corrected chi connectivity index (χ1v) is 3.43. The van der Waals surface area contributed by atoms with Crippen molar-refractivity contribution in [3.8, 4) is 0 Å². The summed E-state index contributed by atoms with van der Waals surface area (Å²) >= 11 is 0. The first-order chi connectivity index (χ1) is 5.93. The Morgan fingerprint density at radius 3 is 2.31 bits per heavy atom. The molecule has 0 amide bonds. The minimum Gasteiger partial charge on any atom is -0.868 e. The molecule has 0 aromatic carbocycles. The maximum absolute atomic E-state index is 10.4. The molecule has 0 saturated carbocycles. The van der Waals surface area contributed by atoms with Crippen LogP contribution in [0.15, 0.2) is 11.8 Å². The zero-order valence-corrected chi connectivity index (χ0v) is 6.60. The van der Waals surface area contributed by atoms with Crippen LogP contribution in [0, 0.1) is 0 Å². The SMILES string of the molecule is O=C([O-])CCC(O)/C=C(/[O-])C(=O)O. The van der Waals surface area contributed by atoms with Gasteiger partial charge in [-0.2, -0.15) is 0 Å². The molecule has 1 atom stereocenters. The molecule has 0 heterocycles. The third-order valence-electron chi connectivity index (χ3n) is 1.20. The summed E-state index contributed by atoms with van der Waals surface area (Å²) in [6.45, 7) is 0. The van der Waals surface area contributed by atoms with E-state index in [1.807, 2.05) is 0 Å². The van der Waals surface area contributed by atoms with E-state index in [1.54, 1.807) is 0 Å². The zero-order valence-electron chi connectivity index (χ0n) is 6.60. The number of carbonyl (C=O) groups excluding carboxylic acids is 1. The number of aliphatic hydroxyl groups excluding tert-OH is 1. The quantitative estimate of drug-likeness (QED) is 0.355. The Hall–Kier alpha value is -1.56. The molecule has 1 unspecified atom stereocenters. The van der Waals surface area contributed by atoms with E-state index in [9.17, 15) is 19.8 Å². The largest absolute Gasteiger partial charge is 0.868 e. The summed E-state index contributed by atoms with van der Waals surface area (Å²) < 4.78 is 0. The van der Waals surface area contributed by atoms with Gasteiger partial charge in [-0.15, -0.1) is 0 Å². The van der Waals surface area contributed by atoms with E-state index in [-0.39, 0.29) is 6.42 Å². The molecule has 0 bridgehead atoms. The highest BCUT2D eigenvalue weighted by molar-refractivity contribution is 5.83. The van der Waals surface area contributed by atoms with Crippen LogP contribution in [-0.2, 0) is 9.59 Å². The van der Waals surface area contributed by atoms with Crippen LogP contribution in [0.5, 0.6) is 0 Å². The fraction of sp³-hybridized carbons (Fsp3) is 0.429. The number of rotatable bonds is 5. The van der Waals surface area contributed by atoms with Gasteiger partial charge in [0.15, 0.2) is 0 Å². The lowest BCUT2D eigenvalue weighted by atomic mass is 10.2. The van der Waals surface area contributed by atoms with Gasteiger partial charge in [-0.25, -0.2) is 4.79 Å². The highest BCUT2D eigenvalue weighted by Gasteiger charge is 2.01. The summed E-state index contributed by atoms with van der Waals surface area (Å²) in [5.74, 6) is -4.31. The van der Waals surface area contributed by atoms with E-state index < -0.39 is 30.2 Å². The molecule has 0 radical (unpaired) electrons. The third-order valence-corrected chi connectivity index (χ3v) is 1.20. The Labute approximate surface area is 73.7 Å². The van der Waals surface area contributed by atoms with Crippen molar-refractivity contribution >= 4 is 11.9 Å². The van der Waals surface area contributed by atoms with E-state index in [2.05, 4.69) is 0 Å². The number of carbonyl (C=O) groups is 2. The smallest absolute Gasteiger partial charge is 0.320 e. The lowest BCUT2D eigenvalue weighted by molar-refractivity contribution is -0.307. The molecule has 2 N–H and O–H groups in total. The first-order valence-electron chi connectivity index (χ1n) is 3.43. The summed E-state index contributed by atoms with van der Waals surface area (Å²) in [5, 5.41) is 37.3. The fourth-order valence-electron chi connectivity index (χ4n) is 0.595. The Morgan fingerprint density at radius 2 is 1.92 bits per heavy atom. The lowest BCUT2D eigenvalue weighted by Gasteiger charge is -2.10. The van der Waals surface area contributed by atoms with E-state index in [4.69, 9.17) is 10.2 Å². The van der Waals surface area contributed by atoms with Gasteiger partial charge in [0.25, 0.3) is 0 Å². The van der Waals surface area contributed by atoms with Gasteiger partial charge in [0.2, 0.25) is 0 Å². The van der Waals surface area contributed by atoms with E-state index >= 15 is 0 Å². The molecule has 13 heavy (non-hydrogen) atoms. The molecule has 0 aliphatic rings. The second-order valence-corrected chi connectivity index (χ2v) is 2.31. The summed E-state index contributed by atoms with van der Waals surface area (Å²) in [6.07, 6.45) is -1.47. The molecule has 0 fully saturated rings. The number of carboxylic acid groups (broad SMARTS) is 2. The number of aliphatic carboxylic acids is 2. The van der Waals surface area contributed by atoms with Crippen LogP contribution in [0.4, 0.5) is 0 Å². The monoisotopic (exact) mass is 188 g/mol. The molecular weight excluding hydrogens is 180 g/mol. The fourth-order valence-corrected chi connectivity index (χ4v) is 0.595. The molecular formula is C7H8O6-2. The zero-order chi connectivity index (χ0) is 10.4. The van der Waals surface area contributed by atoms with E-state index in [1.165, 1.54) is 0 Å². The Balaban J connectivity index is 3.99. The van der Waals surface area contributed by atoms with Crippen LogP contribution < -0.4 is 10.2 Å². The lowest BCUT2D eigenvalue weighted by Crippen LogP contribution is -2.24. The van der Waals surface area contributed by atoms with Crippen LogP contribution in [0.3, 0.4) is 0 Å². The van der Waals surface area contributed by atoms with Gasteiger partial charge in [0, 0.05) is 5.97 Å². The second kappa shape index (κ2) is 5.15. The third kappa shape index (κ3) is 5.68. The molecule has 0 spiro atoms.